The molecular formula is C17H32O8S2. The van der Waals surface area contributed by atoms with Gasteiger partial charge in [-0.1, -0.05) is 0 Å². The summed E-state index contributed by atoms with van der Waals surface area (Å²) in [6.07, 6.45) is 2.21. The van der Waals surface area contributed by atoms with E-state index < -0.39 is 29.7 Å². The Hall–Kier alpha value is -0.840. The van der Waals surface area contributed by atoms with Crippen LogP contribution in [0, 0.1) is 0 Å². The van der Waals surface area contributed by atoms with E-state index in [2.05, 4.69) is 0 Å². The minimum absolute atomic E-state index is 0.0681. The predicted octanol–water partition coefficient (Wildman–Crippen LogP) is 2.97. The third-order valence-corrected chi connectivity index (χ3v) is 7.98. The van der Waals surface area contributed by atoms with Gasteiger partial charge in [0.1, 0.15) is 11.6 Å². The second-order valence-electron chi connectivity index (χ2n) is 8.11. The summed E-state index contributed by atoms with van der Waals surface area (Å²) in [6.45, 7) is 5.59. The summed E-state index contributed by atoms with van der Waals surface area (Å²) in [6, 6.07) is 0. The number of rotatable bonds is 14. The van der Waals surface area contributed by atoms with E-state index in [9.17, 15) is 26.4 Å². The Bertz CT molecular complexity index is 656. The second kappa shape index (κ2) is 10.1. The lowest BCUT2D eigenvalue weighted by Crippen LogP contribution is -2.31. The van der Waals surface area contributed by atoms with Gasteiger partial charge in [0, 0.05) is 25.7 Å². The normalized spacial score (nSPS) is 13.6. The van der Waals surface area contributed by atoms with E-state index in [-0.39, 0.29) is 50.1 Å². The Morgan fingerprint density at radius 2 is 0.889 bits per heavy atom. The van der Waals surface area contributed by atoms with Crippen molar-refractivity contribution in [3.05, 3.63) is 0 Å². The van der Waals surface area contributed by atoms with Gasteiger partial charge in [0.25, 0.3) is 20.2 Å². The Morgan fingerprint density at radius 3 is 1.15 bits per heavy atom. The Kier molecular flexibility index (Phi) is 9.77. The largest absolute Gasteiger partial charge is 0.300 e. The predicted molar refractivity (Wildman–Crippen MR) is 103 cm³/mol. The Morgan fingerprint density at radius 1 is 0.630 bits per heavy atom. The molecule has 0 unspecified atom stereocenters. The van der Waals surface area contributed by atoms with Crippen LogP contribution in [0.15, 0.2) is 0 Å². The summed E-state index contributed by atoms with van der Waals surface area (Å²) in [5, 5.41) is 0. The fraction of sp³-hybridized carbons (Fsp3) is 0.882. The van der Waals surface area contributed by atoms with E-state index in [1.54, 1.807) is 0 Å². The third kappa shape index (κ3) is 9.77. The molecule has 0 bridgehead atoms. The van der Waals surface area contributed by atoms with Crippen LogP contribution in [0.4, 0.5) is 0 Å². The highest BCUT2D eigenvalue weighted by molar-refractivity contribution is 7.87. The van der Waals surface area contributed by atoms with E-state index in [1.807, 2.05) is 0 Å². The first-order valence-corrected chi connectivity index (χ1v) is 11.8. The van der Waals surface area contributed by atoms with Crippen LogP contribution in [-0.4, -0.2) is 47.0 Å². The van der Waals surface area contributed by atoms with Gasteiger partial charge in [-0.3, -0.25) is 18.7 Å². The number of hydrogen-bond donors (Lipinski definition) is 2. The van der Waals surface area contributed by atoms with Crippen molar-refractivity contribution < 1.29 is 35.5 Å². The molecule has 2 N–H and O–H groups in total. The molecule has 160 valence electrons. The average Bonchev–Trinajstić information content (AvgIpc) is 2.44. The first kappa shape index (κ1) is 26.2. The smallest absolute Gasteiger partial charge is 0.270 e. The van der Waals surface area contributed by atoms with E-state index in [0.717, 1.165) is 0 Å². The molecule has 0 atom stereocenters. The van der Waals surface area contributed by atoms with E-state index >= 15 is 0 Å². The van der Waals surface area contributed by atoms with Gasteiger partial charge < -0.3 is 0 Å². The topological polar surface area (TPSA) is 143 Å². The van der Waals surface area contributed by atoms with Crippen molar-refractivity contribution in [1.29, 1.82) is 0 Å². The highest BCUT2D eigenvalue weighted by Crippen LogP contribution is 2.23. The van der Waals surface area contributed by atoms with Crippen molar-refractivity contribution in [2.24, 2.45) is 0 Å². The second-order valence-corrected chi connectivity index (χ2v) is 12.2. The van der Waals surface area contributed by atoms with Gasteiger partial charge in [0.15, 0.2) is 0 Å². The van der Waals surface area contributed by atoms with Gasteiger partial charge in [-0.2, -0.15) is 16.8 Å². The molecule has 0 spiro atoms. The van der Waals surface area contributed by atoms with Gasteiger partial charge in [0.2, 0.25) is 0 Å². The third-order valence-electron chi connectivity index (χ3n) is 4.78. The van der Waals surface area contributed by atoms with Crippen molar-refractivity contribution in [3.63, 3.8) is 0 Å². The summed E-state index contributed by atoms with van der Waals surface area (Å²) >= 11 is 0. The van der Waals surface area contributed by atoms with Crippen molar-refractivity contribution in [3.8, 4) is 0 Å². The molecule has 0 aromatic heterocycles. The number of ketones is 2. The zero-order valence-corrected chi connectivity index (χ0v) is 18.2. The van der Waals surface area contributed by atoms with Crippen molar-refractivity contribution in [2.45, 2.75) is 95.0 Å². The Balaban J connectivity index is 4.03. The van der Waals surface area contributed by atoms with Gasteiger partial charge in [0.05, 0.1) is 9.49 Å². The molecule has 27 heavy (non-hydrogen) atoms. The average molecular weight is 429 g/mol. The number of hydrogen-bond acceptors (Lipinski definition) is 6. The minimum atomic E-state index is -4.17. The van der Waals surface area contributed by atoms with Crippen LogP contribution in [0.5, 0.6) is 0 Å². The molecule has 0 saturated carbocycles. The first-order valence-electron chi connectivity index (χ1n) is 8.97. The number of Topliss-reactive ketones (excluding diaryl/α,β-unsaturated/α-hetero) is 2. The molecule has 0 fully saturated rings. The summed E-state index contributed by atoms with van der Waals surface area (Å²) in [7, 11) is -8.33. The maximum atomic E-state index is 11.8. The zero-order chi connectivity index (χ0) is 21.5. The molecule has 0 rings (SSSR count). The molecule has 0 heterocycles. The van der Waals surface area contributed by atoms with Crippen molar-refractivity contribution >= 4 is 31.8 Å². The zero-order valence-electron chi connectivity index (χ0n) is 16.5. The standard InChI is InChI=1S/C17H32O8S2/c1-16(2,26(20,21)22)12-6-10-14(18)8-5-9-15(19)11-7-13-17(3,4)27(23,24)25/h5-13H2,1-4H3,(H,20,21,22)(H,23,24,25). The number of carbonyl (C=O) groups excluding carboxylic acids is 2. The van der Waals surface area contributed by atoms with Crippen LogP contribution in [0.3, 0.4) is 0 Å². The first-order chi connectivity index (χ1) is 12.0. The van der Waals surface area contributed by atoms with Crippen LogP contribution >= 0.6 is 0 Å². The number of carbonyl (C=O) groups is 2. The van der Waals surface area contributed by atoms with Gasteiger partial charge >= 0.3 is 0 Å². The fourth-order valence-corrected chi connectivity index (χ4v) is 3.22. The molecule has 8 nitrogen and oxygen atoms in total. The summed E-state index contributed by atoms with van der Waals surface area (Å²) in [4.78, 5) is 23.6. The van der Waals surface area contributed by atoms with Crippen LogP contribution in [0.25, 0.3) is 0 Å². The lowest BCUT2D eigenvalue weighted by molar-refractivity contribution is -0.120. The monoisotopic (exact) mass is 428 g/mol. The molecule has 0 saturated heterocycles. The van der Waals surface area contributed by atoms with Gasteiger partial charge in [-0.05, 0) is 59.8 Å². The summed E-state index contributed by atoms with van der Waals surface area (Å²) in [5.74, 6) is -0.136. The molecule has 0 radical (unpaired) electrons. The molecule has 0 aliphatic carbocycles. The molecule has 0 aliphatic rings. The lowest BCUT2D eigenvalue weighted by Gasteiger charge is -2.20. The van der Waals surface area contributed by atoms with Crippen LogP contribution in [0.2, 0.25) is 0 Å². The highest BCUT2D eigenvalue weighted by atomic mass is 32.2. The molecule has 0 aliphatic heterocycles. The van der Waals surface area contributed by atoms with Crippen LogP contribution < -0.4 is 0 Å². The van der Waals surface area contributed by atoms with E-state index in [1.165, 1.54) is 27.7 Å². The molecular weight excluding hydrogens is 396 g/mol. The molecule has 0 aromatic rings. The SMILES string of the molecule is CC(C)(CCCC(=O)CCCC(=O)CCCC(C)(C)S(=O)(=O)O)S(=O)(=O)O. The Labute approximate surface area is 162 Å². The van der Waals surface area contributed by atoms with E-state index in [4.69, 9.17) is 9.11 Å². The lowest BCUT2D eigenvalue weighted by atomic mass is 9.99. The fourth-order valence-electron chi connectivity index (χ4n) is 2.41. The van der Waals surface area contributed by atoms with Crippen molar-refractivity contribution in [1.82, 2.24) is 0 Å². The minimum Gasteiger partial charge on any atom is -0.300 e. The highest BCUT2D eigenvalue weighted by Gasteiger charge is 2.32. The van der Waals surface area contributed by atoms with Crippen LogP contribution in [-0.2, 0) is 29.8 Å². The quantitative estimate of drug-likeness (QED) is 0.402. The molecule has 0 aromatic carbocycles. The maximum Gasteiger partial charge on any atom is 0.270 e. The maximum absolute atomic E-state index is 11.8. The van der Waals surface area contributed by atoms with E-state index in [0.29, 0.717) is 19.3 Å². The van der Waals surface area contributed by atoms with Crippen LogP contribution in [0.1, 0.15) is 85.5 Å². The molecule has 10 heteroatoms. The molecule has 0 amide bonds. The van der Waals surface area contributed by atoms with Crippen molar-refractivity contribution in [2.75, 3.05) is 0 Å². The van der Waals surface area contributed by atoms with Gasteiger partial charge in [-0.15, -0.1) is 0 Å². The summed E-state index contributed by atoms with van der Waals surface area (Å²) in [5.41, 5.74) is 0. The summed E-state index contributed by atoms with van der Waals surface area (Å²) < 4.78 is 60.2. The van der Waals surface area contributed by atoms with Gasteiger partial charge in [-0.25, -0.2) is 0 Å².